The second-order valence-corrected chi connectivity index (χ2v) is 7.18. The van der Waals surface area contributed by atoms with Crippen LogP contribution in [0.15, 0.2) is 64.4 Å². The van der Waals surface area contributed by atoms with E-state index in [0.29, 0.717) is 5.56 Å². The summed E-state index contributed by atoms with van der Waals surface area (Å²) in [6, 6.07) is 14.4. The Kier molecular flexibility index (Phi) is 4.41. The molecule has 2 aromatic rings. The van der Waals surface area contributed by atoms with Gasteiger partial charge in [0.2, 0.25) is 9.84 Å². The predicted octanol–water partition coefficient (Wildman–Crippen LogP) is 2.85. The van der Waals surface area contributed by atoms with E-state index in [2.05, 4.69) is 4.74 Å². The van der Waals surface area contributed by atoms with Gasteiger partial charge < -0.3 is 9.47 Å². The molecule has 6 nitrogen and oxygen atoms in total. The smallest absolute Gasteiger partial charge is 0.438 e. The molecule has 1 heterocycles. The fraction of sp³-hybridized carbons (Fsp3) is 0.111. The largest absolute Gasteiger partial charge is 0.508 e. The Balaban J connectivity index is 2.24. The number of methoxy groups -OCH3 is 1. The van der Waals surface area contributed by atoms with E-state index in [1.54, 1.807) is 36.4 Å². The lowest BCUT2D eigenvalue weighted by atomic mass is 9.96. The molecule has 0 fully saturated rings. The van der Waals surface area contributed by atoms with Crippen LogP contribution in [0, 0.1) is 0 Å². The van der Waals surface area contributed by atoms with Crippen molar-refractivity contribution in [2.75, 3.05) is 13.7 Å². The normalized spacial score (nSPS) is 15.5. The van der Waals surface area contributed by atoms with Gasteiger partial charge in [0.05, 0.1) is 16.9 Å². The minimum Gasteiger partial charge on any atom is -0.438 e. The van der Waals surface area contributed by atoms with Crippen LogP contribution < -0.4 is 0 Å². The highest BCUT2D eigenvalue weighted by molar-refractivity contribution is 7.95. The number of Topliss-reactive ketones (excluding diaryl/α,β-unsaturated/α-hetero) is 1. The summed E-state index contributed by atoms with van der Waals surface area (Å²) in [6.07, 6.45) is -1.03. The summed E-state index contributed by atoms with van der Waals surface area (Å²) >= 11 is 0. The van der Waals surface area contributed by atoms with Crippen molar-refractivity contribution >= 4 is 27.3 Å². The zero-order valence-electron chi connectivity index (χ0n) is 13.3. The molecule has 0 aromatic heterocycles. The van der Waals surface area contributed by atoms with Crippen LogP contribution in [0.1, 0.15) is 15.9 Å². The molecule has 7 heteroatoms. The molecule has 0 aliphatic carbocycles. The van der Waals surface area contributed by atoms with Gasteiger partial charge in [-0.25, -0.2) is 13.2 Å². The van der Waals surface area contributed by atoms with Crippen molar-refractivity contribution in [2.24, 2.45) is 0 Å². The van der Waals surface area contributed by atoms with E-state index in [0.717, 1.165) is 7.11 Å². The Morgan fingerprint density at radius 2 is 1.64 bits per heavy atom. The molecule has 1 aliphatic heterocycles. The highest BCUT2D eigenvalue weighted by atomic mass is 32.2. The summed E-state index contributed by atoms with van der Waals surface area (Å²) in [4.78, 5) is 23.9. The van der Waals surface area contributed by atoms with E-state index in [-0.39, 0.29) is 20.9 Å². The first-order chi connectivity index (χ1) is 12.0. The topological polar surface area (TPSA) is 86.7 Å². The van der Waals surface area contributed by atoms with Crippen LogP contribution in [0.3, 0.4) is 0 Å². The number of sulfone groups is 1. The Morgan fingerprint density at radius 1 is 1.00 bits per heavy atom. The molecule has 0 saturated heterocycles. The van der Waals surface area contributed by atoms with Crippen molar-refractivity contribution < 1.29 is 27.5 Å². The summed E-state index contributed by atoms with van der Waals surface area (Å²) in [5.74, 6) is -0.430. The molecule has 0 N–H and O–H groups in total. The van der Waals surface area contributed by atoms with Gasteiger partial charge in [-0.2, -0.15) is 0 Å². The highest BCUT2D eigenvalue weighted by Gasteiger charge is 2.38. The third kappa shape index (κ3) is 2.94. The summed E-state index contributed by atoms with van der Waals surface area (Å²) in [6.45, 7) is -0.584. The number of allylic oxidation sites excluding steroid dienone is 1. The maximum absolute atomic E-state index is 13.0. The molecule has 25 heavy (non-hydrogen) atoms. The number of benzene rings is 2. The van der Waals surface area contributed by atoms with Crippen LogP contribution >= 0.6 is 0 Å². The maximum Gasteiger partial charge on any atom is 0.508 e. The van der Waals surface area contributed by atoms with Gasteiger partial charge in [-0.05, 0) is 17.7 Å². The molecule has 0 radical (unpaired) electrons. The Labute approximate surface area is 144 Å². The van der Waals surface area contributed by atoms with Gasteiger partial charge in [0.1, 0.15) is 6.61 Å². The van der Waals surface area contributed by atoms with E-state index in [1.165, 1.54) is 18.2 Å². The first kappa shape index (κ1) is 16.9. The van der Waals surface area contributed by atoms with Crippen molar-refractivity contribution in [2.45, 2.75) is 4.90 Å². The van der Waals surface area contributed by atoms with E-state index < -0.39 is 28.4 Å². The van der Waals surface area contributed by atoms with E-state index in [4.69, 9.17) is 4.74 Å². The van der Waals surface area contributed by atoms with Crippen LogP contribution in [0.2, 0.25) is 0 Å². The molecule has 128 valence electrons. The number of ketones is 1. The number of fused-ring (bicyclic) bond motifs is 1. The number of rotatable bonds is 3. The van der Waals surface area contributed by atoms with Crippen molar-refractivity contribution in [3.05, 3.63) is 70.6 Å². The second-order valence-electron chi connectivity index (χ2n) is 5.24. The van der Waals surface area contributed by atoms with Crippen molar-refractivity contribution in [1.82, 2.24) is 0 Å². The zero-order chi connectivity index (χ0) is 18.0. The number of carbonyl (C=O) groups is 2. The lowest BCUT2D eigenvalue weighted by Gasteiger charge is -2.22. The number of hydrogen-bond acceptors (Lipinski definition) is 6. The molecule has 1 aliphatic rings. The quantitative estimate of drug-likeness (QED) is 0.784. The Hall–Kier alpha value is -2.93. The van der Waals surface area contributed by atoms with Crippen LogP contribution in [0.25, 0.3) is 5.57 Å². The molecule has 0 unspecified atom stereocenters. The second kappa shape index (κ2) is 6.52. The average Bonchev–Trinajstić information content (AvgIpc) is 2.64. The summed E-state index contributed by atoms with van der Waals surface area (Å²) in [5, 5.41) is 0. The van der Waals surface area contributed by atoms with Crippen LogP contribution in [0.4, 0.5) is 4.79 Å². The molecular formula is C18H14O6S. The lowest BCUT2D eigenvalue weighted by molar-refractivity contribution is 0.0808. The van der Waals surface area contributed by atoms with Gasteiger partial charge in [-0.3, -0.25) is 4.79 Å². The van der Waals surface area contributed by atoms with Crippen molar-refractivity contribution in [3.8, 4) is 0 Å². The zero-order valence-corrected chi connectivity index (χ0v) is 14.1. The predicted molar refractivity (Wildman–Crippen MR) is 89.7 cm³/mol. The van der Waals surface area contributed by atoms with Gasteiger partial charge in [0.15, 0.2) is 5.78 Å². The maximum atomic E-state index is 13.0. The number of ether oxygens (including phenoxy) is 2. The molecule has 3 rings (SSSR count). The first-order valence-electron chi connectivity index (χ1n) is 7.35. The molecule has 0 spiro atoms. The Bertz CT molecular complexity index is 974. The minimum absolute atomic E-state index is 0.00297. The fourth-order valence-electron chi connectivity index (χ4n) is 2.65. The molecule has 0 amide bonds. The number of carbonyl (C=O) groups excluding carboxylic acids is 2. The SMILES string of the molecule is COC(=O)OCC1=C(c2ccccc2)C(=O)c2ccccc2S1(=O)=O. The standard InChI is InChI=1S/C18H14O6S/c1-23-18(20)24-11-15-16(12-7-3-2-4-8-12)17(19)13-9-5-6-10-14(13)25(15,21)22/h2-10H,11H2,1H3. The summed E-state index contributed by atoms with van der Waals surface area (Å²) < 4.78 is 35.2. The van der Waals surface area contributed by atoms with Gasteiger partial charge in [-0.1, -0.05) is 42.5 Å². The molecule has 0 bridgehead atoms. The van der Waals surface area contributed by atoms with Gasteiger partial charge in [-0.15, -0.1) is 0 Å². The summed E-state index contributed by atoms with van der Waals surface area (Å²) in [7, 11) is -2.88. The van der Waals surface area contributed by atoms with E-state index >= 15 is 0 Å². The van der Waals surface area contributed by atoms with Crippen molar-refractivity contribution in [3.63, 3.8) is 0 Å². The van der Waals surface area contributed by atoms with Crippen LogP contribution in [0.5, 0.6) is 0 Å². The summed E-state index contributed by atoms with van der Waals surface area (Å²) in [5.41, 5.74) is 0.542. The molecule has 2 aromatic carbocycles. The monoisotopic (exact) mass is 358 g/mol. The molecule has 0 saturated carbocycles. The Morgan fingerprint density at radius 3 is 2.32 bits per heavy atom. The highest BCUT2D eigenvalue weighted by Crippen LogP contribution is 2.37. The van der Waals surface area contributed by atoms with Gasteiger partial charge in [0, 0.05) is 11.1 Å². The van der Waals surface area contributed by atoms with Crippen LogP contribution in [-0.4, -0.2) is 34.1 Å². The fourth-order valence-corrected chi connectivity index (χ4v) is 4.31. The van der Waals surface area contributed by atoms with Crippen molar-refractivity contribution in [1.29, 1.82) is 0 Å². The average molecular weight is 358 g/mol. The minimum atomic E-state index is -3.99. The van der Waals surface area contributed by atoms with E-state index in [1.807, 2.05) is 0 Å². The van der Waals surface area contributed by atoms with E-state index in [9.17, 15) is 18.0 Å². The number of hydrogen-bond donors (Lipinski definition) is 0. The molecular weight excluding hydrogens is 344 g/mol. The third-order valence-electron chi connectivity index (χ3n) is 3.80. The van der Waals surface area contributed by atoms with Gasteiger partial charge in [0.25, 0.3) is 0 Å². The first-order valence-corrected chi connectivity index (χ1v) is 8.83. The lowest BCUT2D eigenvalue weighted by Crippen LogP contribution is -2.25. The third-order valence-corrected chi connectivity index (χ3v) is 5.71. The van der Waals surface area contributed by atoms with Crippen LogP contribution in [-0.2, 0) is 19.3 Å². The van der Waals surface area contributed by atoms with Gasteiger partial charge >= 0.3 is 6.16 Å². The molecule has 0 atom stereocenters.